The zero-order valence-electron chi connectivity index (χ0n) is 11.5. The van der Waals surface area contributed by atoms with Crippen LogP contribution in [0.25, 0.3) is 0 Å². The Morgan fingerprint density at radius 3 is 2.74 bits per heavy atom. The molecule has 1 saturated carbocycles. The van der Waals surface area contributed by atoms with Crippen LogP contribution in [0.3, 0.4) is 0 Å². The summed E-state index contributed by atoms with van der Waals surface area (Å²) in [5, 5.41) is 0.377. The number of hydrogen-bond acceptors (Lipinski definition) is 2. The molecule has 0 spiro atoms. The number of hydrogen-bond donors (Lipinski definition) is 1. The minimum atomic E-state index is 0.0143. The molecule has 4 heteroatoms. The van der Waals surface area contributed by atoms with E-state index in [9.17, 15) is 4.79 Å². The van der Waals surface area contributed by atoms with Crippen LogP contribution in [-0.4, -0.2) is 23.4 Å². The topological polar surface area (TPSA) is 46.3 Å². The van der Waals surface area contributed by atoms with E-state index in [1.165, 1.54) is 0 Å². The van der Waals surface area contributed by atoms with E-state index in [0.29, 0.717) is 28.2 Å². The van der Waals surface area contributed by atoms with Crippen LogP contribution in [0.15, 0.2) is 18.2 Å². The molecule has 2 rings (SSSR count). The number of carbonyl (C=O) groups excluding carboxylic acids is 1. The predicted octanol–water partition coefficient (Wildman–Crippen LogP) is 3.57. The number of nitrogens with two attached hydrogens (primary N) is 1. The third-order valence-electron chi connectivity index (χ3n) is 3.45. The molecule has 104 valence electrons. The van der Waals surface area contributed by atoms with Gasteiger partial charge < -0.3 is 10.6 Å². The molecule has 1 aliphatic carbocycles. The van der Waals surface area contributed by atoms with Gasteiger partial charge in [-0.15, -0.1) is 0 Å². The molecule has 19 heavy (non-hydrogen) atoms. The van der Waals surface area contributed by atoms with Gasteiger partial charge in [0.1, 0.15) is 0 Å². The minimum absolute atomic E-state index is 0.0143. The van der Waals surface area contributed by atoms with Gasteiger partial charge in [-0.2, -0.15) is 0 Å². The molecule has 0 heterocycles. The molecular weight excluding hydrogens is 260 g/mol. The first kappa shape index (κ1) is 14.2. The number of benzene rings is 1. The van der Waals surface area contributed by atoms with E-state index in [4.69, 9.17) is 17.3 Å². The van der Waals surface area contributed by atoms with Crippen molar-refractivity contribution in [1.29, 1.82) is 0 Å². The van der Waals surface area contributed by atoms with Crippen molar-refractivity contribution in [1.82, 2.24) is 4.90 Å². The number of rotatable bonds is 5. The Hall–Kier alpha value is -1.22. The van der Waals surface area contributed by atoms with E-state index in [1.54, 1.807) is 18.2 Å². The highest BCUT2D eigenvalue weighted by atomic mass is 35.5. The molecule has 3 nitrogen and oxygen atoms in total. The lowest BCUT2D eigenvalue weighted by Gasteiger charge is -2.24. The summed E-state index contributed by atoms with van der Waals surface area (Å²) in [7, 11) is 0. The second-order valence-corrected chi connectivity index (χ2v) is 6.00. The fourth-order valence-corrected chi connectivity index (χ4v) is 2.31. The smallest absolute Gasteiger partial charge is 0.255 e. The molecule has 0 bridgehead atoms. The Morgan fingerprint density at radius 1 is 1.47 bits per heavy atom. The molecule has 0 atom stereocenters. The monoisotopic (exact) mass is 280 g/mol. The molecule has 1 aromatic carbocycles. The summed E-state index contributed by atoms with van der Waals surface area (Å²) in [5.74, 6) is 0.603. The molecule has 0 unspecified atom stereocenters. The van der Waals surface area contributed by atoms with Gasteiger partial charge in [-0.1, -0.05) is 31.5 Å². The molecule has 0 radical (unpaired) electrons. The third kappa shape index (κ3) is 3.41. The van der Waals surface area contributed by atoms with Crippen molar-refractivity contribution in [3.63, 3.8) is 0 Å². The Kier molecular flexibility index (Phi) is 4.35. The lowest BCUT2D eigenvalue weighted by Crippen LogP contribution is -2.34. The zero-order valence-corrected chi connectivity index (χ0v) is 12.3. The highest BCUT2D eigenvalue weighted by Gasteiger charge is 2.33. The van der Waals surface area contributed by atoms with Crippen molar-refractivity contribution in [2.24, 2.45) is 5.92 Å². The van der Waals surface area contributed by atoms with Gasteiger partial charge in [-0.05, 0) is 37.3 Å². The van der Waals surface area contributed by atoms with Crippen molar-refractivity contribution in [2.75, 3.05) is 12.3 Å². The molecule has 0 aliphatic heterocycles. The van der Waals surface area contributed by atoms with Crippen LogP contribution in [-0.2, 0) is 0 Å². The second-order valence-electron chi connectivity index (χ2n) is 5.62. The molecular formula is C15H21ClN2O. The fourth-order valence-electron chi connectivity index (χ4n) is 2.10. The van der Waals surface area contributed by atoms with Gasteiger partial charge in [0, 0.05) is 12.6 Å². The first-order chi connectivity index (χ1) is 9.00. The van der Waals surface area contributed by atoms with Gasteiger partial charge in [0.25, 0.3) is 5.91 Å². The van der Waals surface area contributed by atoms with Crippen molar-refractivity contribution in [2.45, 2.75) is 39.2 Å². The lowest BCUT2D eigenvalue weighted by molar-refractivity contribution is 0.0735. The maximum absolute atomic E-state index is 12.6. The van der Waals surface area contributed by atoms with Gasteiger partial charge in [0.2, 0.25) is 0 Å². The van der Waals surface area contributed by atoms with Crippen LogP contribution >= 0.6 is 11.6 Å². The molecule has 0 aromatic heterocycles. The summed E-state index contributed by atoms with van der Waals surface area (Å²) in [6.07, 6.45) is 3.22. The Labute approximate surface area is 119 Å². The number of anilines is 1. The number of carbonyl (C=O) groups is 1. The Morgan fingerprint density at radius 2 is 2.16 bits per heavy atom. The van der Waals surface area contributed by atoms with Gasteiger partial charge >= 0.3 is 0 Å². The van der Waals surface area contributed by atoms with E-state index in [2.05, 4.69) is 13.8 Å². The quantitative estimate of drug-likeness (QED) is 0.838. The molecule has 1 amide bonds. The van der Waals surface area contributed by atoms with Crippen LogP contribution in [0, 0.1) is 5.92 Å². The number of amides is 1. The highest BCUT2D eigenvalue weighted by molar-refractivity contribution is 6.36. The first-order valence-electron chi connectivity index (χ1n) is 6.85. The van der Waals surface area contributed by atoms with Crippen molar-refractivity contribution in [3.8, 4) is 0 Å². The molecule has 2 N–H and O–H groups in total. The lowest BCUT2D eigenvalue weighted by atomic mass is 10.1. The normalized spacial score (nSPS) is 14.7. The van der Waals surface area contributed by atoms with Crippen LogP contribution in [0.5, 0.6) is 0 Å². The predicted molar refractivity (Wildman–Crippen MR) is 79.4 cm³/mol. The summed E-state index contributed by atoms with van der Waals surface area (Å²) >= 11 is 6.15. The summed E-state index contributed by atoms with van der Waals surface area (Å²) in [4.78, 5) is 14.6. The van der Waals surface area contributed by atoms with Gasteiger partial charge in [0.15, 0.2) is 0 Å². The van der Waals surface area contributed by atoms with Crippen LogP contribution in [0.4, 0.5) is 5.69 Å². The van der Waals surface area contributed by atoms with E-state index in [1.807, 2.05) is 4.90 Å². The molecule has 1 aliphatic rings. The average Bonchev–Trinajstić information content (AvgIpc) is 3.17. The van der Waals surface area contributed by atoms with Gasteiger partial charge in [-0.3, -0.25) is 4.79 Å². The number of nitrogens with zero attached hydrogens (tertiary/aromatic N) is 1. The maximum Gasteiger partial charge on any atom is 0.255 e. The fraction of sp³-hybridized carbons (Fsp3) is 0.533. The van der Waals surface area contributed by atoms with E-state index in [-0.39, 0.29) is 5.91 Å². The maximum atomic E-state index is 12.6. The second kappa shape index (κ2) is 5.83. The largest absolute Gasteiger partial charge is 0.398 e. The number of halogens is 1. The van der Waals surface area contributed by atoms with Crippen molar-refractivity contribution >= 4 is 23.2 Å². The Bertz CT molecular complexity index is 469. The van der Waals surface area contributed by atoms with E-state index >= 15 is 0 Å². The molecule has 1 aromatic rings. The Balaban J connectivity index is 2.17. The third-order valence-corrected chi connectivity index (χ3v) is 3.88. The molecule has 0 saturated heterocycles. The highest BCUT2D eigenvalue weighted by Crippen LogP contribution is 2.31. The standard InChI is InChI=1S/C15H21ClN2O/c1-10(2)8-9-18(11-6-7-11)15(19)12-4-3-5-13(17)14(12)16/h3-5,10-11H,6-9,17H2,1-2H3. The van der Waals surface area contributed by atoms with Crippen molar-refractivity contribution < 1.29 is 4.79 Å². The molecule has 1 fully saturated rings. The summed E-state index contributed by atoms with van der Waals surface area (Å²) in [6.45, 7) is 5.14. The zero-order chi connectivity index (χ0) is 14.0. The first-order valence-corrected chi connectivity index (χ1v) is 7.23. The average molecular weight is 281 g/mol. The van der Waals surface area contributed by atoms with Crippen molar-refractivity contribution in [3.05, 3.63) is 28.8 Å². The minimum Gasteiger partial charge on any atom is -0.398 e. The van der Waals surface area contributed by atoms with E-state index < -0.39 is 0 Å². The van der Waals surface area contributed by atoms with Crippen LogP contribution < -0.4 is 5.73 Å². The SMILES string of the molecule is CC(C)CCN(C(=O)c1cccc(N)c1Cl)C1CC1. The van der Waals surface area contributed by atoms with Crippen LogP contribution in [0.1, 0.15) is 43.5 Å². The summed E-state index contributed by atoms with van der Waals surface area (Å²) in [5.41, 5.74) is 6.76. The van der Waals surface area contributed by atoms with Gasteiger partial charge in [-0.25, -0.2) is 0 Å². The number of nitrogen functional groups attached to an aromatic ring is 1. The van der Waals surface area contributed by atoms with Crippen LogP contribution in [0.2, 0.25) is 5.02 Å². The summed E-state index contributed by atoms with van der Waals surface area (Å²) < 4.78 is 0. The summed E-state index contributed by atoms with van der Waals surface area (Å²) in [6, 6.07) is 5.64. The van der Waals surface area contributed by atoms with Gasteiger partial charge in [0.05, 0.1) is 16.3 Å². The van der Waals surface area contributed by atoms with E-state index in [0.717, 1.165) is 25.8 Å².